The number of anilines is 1. The lowest BCUT2D eigenvalue weighted by molar-refractivity contribution is -0.138. The Morgan fingerprint density at radius 3 is 2.14 bits per heavy atom. The second-order valence-corrected chi connectivity index (χ2v) is 9.06. The molecule has 184 valence electrons. The normalized spacial score (nSPS) is 10.6. The largest absolute Gasteiger partial charge is 0.480 e. The van der Waals surface area contributed by atoms with Crippen LogP contribution in [0.15, 0.2) is 91.0 Å². The van der Waals surface area contributed by atoms with Crippen molar-refractivity contribution in [1.29, 1.82) is 0 Å². The molecule has 2 N–H and O–H groups in total. The first-order valence-electron chi connectivity index (χ1n) is 11.6. The molecule has 1 amide bonds. The van der Waals surface area contributed by atoms with Crippen LogP contribution in [0.4, 0.5) is 9.93 Å². The van der Waals surface area contributed by atoms with Crippen molar-refractivity contribution in [3.05, 3.63) is 96.6 Å². The monoisotopic (exact) mass is 501 g/mol. The first kappa shape index (κ1) is 24.9. The van der Waals surface area contributed by atoms with Crippen molar-refractivity contribution in [2.24, 2.45) is 0 Å². The molecular weight excluding hydrogens is 474 g/mol. The first-order chi connectivity index (χ1) is 17.6. The Labute approximate surface area is 214 Å². The standard InChI is InChI=1S/C28H27N3O4S/c32-24(33)19-31(28(34)35-20-21-11-4-1-5-12-21)18-10-17-29-27-30-25(22-13-6-2-7-14-22)26(36-27)23-15-8-3-9-16-23/h1-9,11-16H,10,17-20H2,(H,29,30)(H,32,33). The maximum Gasteiger partial charge on any atom is 0.410 e. The molecule has 4 aromatic rings. The molecule has 3 aromatic carbocycles. The molecule has 0 aliphatic carbocycles. The van der Waals surface area contributed by atoms with Gasteiger partial charge in [-0.05, 0) is 17.5 Å². The summed E-state index contributed by atoms with van der Waals surface area (Å²) >= 11 is 1.57. The summed E-state index contributed by atoms with van der Waals surface area (Å²) in [6.07, 6.45) is -0.109. The van der Waals surface area contributed by atoms with E-state index < -0.39 is 18.6 Å². The summed E-state index contributed by atoms with van der Waals surface area (Å²) < 4.78 is 5.32. The predicted octanol–water partition coefficient (Wildman–Crippen LogP) is 6.00. The number of carbonyl (C=O) groups excluding carboxylic acids is 1. The molecule has 0 fully saturated rings. The average Bonchev–Trinajstić information content (AvgIpc) is 3.35. The Balaban J connectivity index is 1.37. The molecule has 36 heavy (non-hydrogen) atoms. The zero-order valence-corrected chi connectivity index (χ0v) is 20.5. The topological polar surface area (TPSA) is 91.8 Å². The molecule has 0 spiro atoms. The number of ether oxygens (including phenoxy) is 1. The molecular formula is C28H27N3O4S. The van der Waals surface area contributed by atoms with E-state index in [0.29, 0.717) is 13.0 Å². The Morgan fingerprint density at radius 1 is 0.889 bits per heavy atom. The minimum atomic E-state index is -1.08. The summed E-state index contributed by atoms with van der Waals surface area (Å²) in [4.78, 5) is 30.9. The van der Waals surface area contributed by atoms with E-state index in [9.17, 15) is 14.7 Å². The van der Waals surface area contributed by atoms with E-state index in [2.05, 4.69) is 17.4 Å². The van der Waals surface area contributed by atoms with Crippen LogP contribution in [-0.4, -0.2) is 46.7 Å². The molecule has 0 radical (unpaired) electrons. The van der Waals surface area contributed by atoms with Crippen molar-refractivity contribution in [2.45, 2.75) is 13.0 Å². The third kappa shape index (κ3) is 6.93. The lowest BCUT2D eigenvalue weighted by atomic mass is 10.1. The van der Waals surface area contributed by atoms with Crippen molar-refractivity contribution in [3.63, 3.8) is 0 Å². The van der Waals surface area contributed by atoms with E-state index in [4.69, 9.17) is 9.72 Å². The minimum absolute atomic E-state index is 0.0949. The van der Waals surface area contributed by atoms with Crippen LogP contribution in [0.3, 0.4) is 0 Å². The number of carboxylic acid groups (broad SMARTS) is 1. The number of amides is 1. The lowest BCUT2D eigenvalue weighted by Crippen LogP contribution is -2.37. The van der Waals surface area contributed by atoms with Crippen LogP contribution in [-0.2, 0) is 16.1 Å². The smallest absolute Gasteiger partial charge is 0.410 e. The van der Waals surface area contributed by atoms with Gasteiger partial charge in [-0.15, -0.1) is 0 Å². The zero-order chi connectivity index (χ0) is 25.2. The van der Waals surface area contributed by atoms with E-state index in [1.807, 2.05) is 78.9 Å². The van der Waals surface area contributed by atoms with E-state index in [1.54, 1.807) is 11.3 Å². The molecule has 0 aliphatic rings. The van der Waals surface area contributed by atoms with Crippen molar-refractivity contribution >= 4 is 28.5 Å². The van der Waals surface area contributed by atoms with Gasteiger partial charge in [0, 0.05) is 18.7 Å². The number of hydrogen-bond acceptors (Lipinski definition) is 6. The third-order valence-corrected chi connectivity index (χ3v) is 6.44. The van der Waals surface area contributed by atoms with E-state index in [1.165, 1.54) is 4.90 Å². The van der Waals surface area contributed by atoms with Crippen molar-refractivity contribution < 1.29 is 19.4 Å². The summed E-state index contributed by atoms with van der Waals surface area (Å²) in [5.74, 6) is -1.08. The quantitative estimate of drug-likeness (QED) is 0.245. The van der Waals surface area contributed by atoms with Gasteiger partial charge in [-0.1, -0.05) is 102 Å². The molecule has 0 saturated carbocycles. The molecule has 0 aliphatic heterocycles. The number of hydrogen-bond donors (Lipinski definition) is 2. The summed E-state index contributed by atoms with van der Waals surface area (Å²) in [7, 11) is 0. The van der Waals surface area contributed by atoms with Gasteiger partial charge in [0.1, 0.15) is 13.2 Å². The van der Waals surface area contributed by atoms with E-state index in [-0.39, 0.29) is 13.2 Å². The number of nitrogens with one attached hydrogen (secondary N) is 1. The van der Waals surface area contributed by atoms with Crippen LogP contribution in [0.2, 0.25) is 0 Å². The molecule has 1 heterocycles. The number of rotatable bonds is 11. The zero-order valence-electron chi connectivity index (χ0n) is 19.7. The predicted molar refractivity (Wildman–Crippen MR) is 142 cm³/mol. The van der Waals surface area contributed by atoms with Gasteiger partial charge in [-0.3, -0.25) is 9.69 Å². The summed E-state index contributed by atoms with van der Waals surface area (Å²) in [6.45, 7) is 0.451. The van der Waals surface area contributed by atoms with Gasteiger partial charge in [-0.25, -0.2) is 9.78 Å². The number of nitrogens with zero attached hydrogens (tertiary/aromatic N) is 2. The van der Waals surface area contributed by atoms with Crippen LogP contribution in [0.5, 0.6) is 0 Å². The van der Waals surface area contributed by atoms with Crippen molar-refractivity contribution in [2.75, 3.05) is 25.0 Å². The van der Waals surface area contributed by atoms with Gasteiger partial charge in [0.05, 0.1) is 10.6 Å². The van der Waals surface area contributed by atoms with Crippen molar-refractivity contribution in [3.8, 4) is 21.7 Å². The number of thiazole rings is 1. The number of aliphatic carboxylic acids is 1. The van der Waals surface area contributed by atoms with Gasteiger partial charge in [0.15, 0.2) is 5.13 Å². The van der Waals surface area contributed by atoms with Crippen molar-refractivity contribution in [1.82, 2.24) is 9.88 Å². The minimum Gasteiger partial charge on any atom is -0.480 e. The van der Waals surface area contributed by atoms with Crippen LogP contribution in [0, 0.1) is 0 Å². The summed E-state index contributed by atoms with van der Waals surface area (Å²) in [5.41, 5.74) is 3.88. The molecule has 8 heteroatoms. The highest BCUT2D eigenvalue weighted by atomic mass is 32.1. The van der Waals surface area contributed by atoms with Crippen LogP contribution in [0.1, 0.15) is 12.0 Å². The van der Waals surface area contributed by atoms with Gasteiger partial charge >= 0.3 is 12.1 Å². The highest BCUT2D eigenvalue weighted by molar-refractivity contribution is 7.19. The van der Waals surface area contributed by atoms with Crippen LogP contribution < -0.4 is 5.32 Å². The Bertz CT molecular complexity index is 1210. The highest BCUT2D eigenvalue weighted by Gasteiger charge is 2.19. The molecule has 7 nitrogen and oxygen atoms in total. The maximum absolute atomic E-state index is 12.5. The first-order valence-corrected chi connectivity index (χ1v) is 12.4. The second kappa shape index (κ2) is 12.5. The fourth-order valence-electron chi connectivity index (χ4n) is 3.65. The lowest BCUT2D eigenvalue weighted by Gasteiger charge is -2.20. The second-order valence-electron chi connectivity index (χ2n) is 8.06. The van der Waals surface area contributed by atoms with Gasteiger partial charge < -0.3 is 15.2 Å². The Kier molecular flexibility index (Phi) is 8.67. The Morgan fingerprint density at radius 2 is 1.50 bits per heavy atom. The average molecular weight is 502 g/mol. The fraction of sp³-hybridized carbons (Fsp3) is 0.179. The van der Waals surface area contributed by atoms with Crippen LogP contribution in [0.25, 0.3) is 21.7 Å². The maximum atomic E-state index is 12.5. The molecule has 0 saturated heterocycles. The fourth-order valence-corrected chi connectivity index (χ4v) is 4.67. The number of carboxylic acids is 1. The van der Waals surface area contributed by atoms with E-state index in [0.717, 1.165) is 32.4 Å². The molecule has 1 aromatic heterocycles. The summed E-state index contributed by atoms with van der Waals surface area (Å²) in [5, 5.41) is 13.3. The molecule has 0 unspecified atom stereocenters. The number of carbonyl (C=O) groups is 2. The molecule has 0 atom stereocenters. The van der Waals surface area contributed by atoms with Gasteiger partial charge in [-0.2, -0.15) is 0 Å². The number of aromatic nitrogens is 1. The Hall–Kier alpha value is -4.17. The third-order valence-electron chi connectivity index (χ3n) is 5.38. The number of benzene rings is 3. The molecule has 4 rings (SSSR count). The van der Waals surface area contributed by atoms with Gasteiger partial charge in [0.2, 0.25) is 0 Å². The molecule has 0 bridgehead atoms. The highest BCUT2D eigenvalue weighted by Crippen LogP contribution is 2.38. The van der Waals surface area contributed by atoms with Gasteiger partial charge in [0.25, 0.3) is 0 Å². The van der Waals surface area contributed by atoms with E-state index >= 15 is 0 Å². The summed E-state index contributed by atoms with van der Waals surface area (Å²) in [6, 6.07) is 29.4. The van der Waals surface area contributed by atoms with Crippen LogP contribution >= 0.6 is 11.3 Å². The SMILES string of the molecule is O=C(O)CN(CCCNc1nc(-c2ccccc2)c(-c2ccccc2)s1)C(=O)OCc1ccccc1.